The van der Waals surface area contributed by atoms with Crippen LogP contribution >= 0.6 is 0 Å². The summed E-state index contributed by atoms with van der Waals surface area (Å²) in [5, 5.41) is 2.89. The summed E-state index contributed by atoms with van der Waals surface area (Å²) in [7, 11) is 0. The van der Waals surface area contributed by atoms with E-state index >= 15 is 0 Å². The van der Waals surface area contributed by atoms with Crippen LogP contribution in [0.15, 0.2) is 18.2 Å². The van der Waals surface area contributed by atoms with E-state index in [0.717, 1.165) is 42.7 Å². The van der Waals surface area contributed by atoms with E-state index in [2.05, 4.69) is 24.1 Å². The van der Waals surface area contributed by atoms with Gasteiger partial charge >= 0.3 is 6.09 Å². The molecule has 116 valence electrons. The minimum Gasteiger partial charge on any atom is -0.445 e. The van der Waals surface area contributed by atoms with Gasteiger partial charge in [0, 0.05) is 18.3 Å². The average Bonchev–Trinajstić information content (AvgIpc) is 2.43. The van der Waals surface area contributed by atoms with Crippen molar-refractivity contribution in [1.29, 1.82) is 0 Å². The lowest BCUT2D eigenvalue weighted by molar-refractivity contribution is 0.0383. The Hall–Kier alpha value is -1.55. The fourth-order valence-corrected chi connectivity index (χ4v) is 2.83. The number of ether oxygens (including phenoxy) is 1. The topological polar surface area (TPSA) is 41.6 Å². The van der Waals surface area contributed by atoms with Gasteiger partial charge in [0.1, 0.15) is 6.10 Å². The number of amides is 1. The van der Waals surface area contributed by atoms with Crippen LogP contribution in [0.25, 0.3) is 0 Å². The second kappa shape index (κ2) is 6.94. The number of hydrogen-bond donors (Lipinski definition) is 1. The monoisotopic (exact) mass is 290 g/mol. The van der Waals surface area contributed by atoms with Gasteiger partial charge in [-0.05, 0) is 58.2 Å². The molecule has 2 rings (SSSR count). The molecule has 1 amide bonds. The molecule has 0 bridgehead atoms. The predicted octanol–water partition coefficient (Wildman–Crippen LogP) is 3.72. The van der Waals surface area contributed by atoms with Gasteiger partial charge in [-0.1, -0.05) is 18.2 Å². The van der Waals surface area contributed by atoms with Crippen LogP contribution in [0.3, 0.4) is 0 Å². The number of rotatable bonds is 3. The Balaban J connectivity index is 1.93. The van der Waals surface area contributed by atoms with Crippen molar-refractivity contribution in [2.45, 2.75) is 52.7 Å². The highest BCUT2D eigenvalue weighted by Gasteiger charge is 2.24. The maximum atomic E-state index is 12.1. The van der Waals surface area contributed by atoms with Crippen LogP contribution in [0.2, 0.25) is 0 Å². The molecule has 0 spiro atoms. The summed E-state index contributed by atoms with van der Waals surface area (Å²) in [6, 6.07) is 6.47. The summed E-state index contributed by atoms with van der Waals surface area (Å²) >= 11 is 0. The standard InChI is InChI=1S/C17H26N2O2/c1-12(2)19-10-6-9-15(11-19)21-17(20)18-16-13(3)7-5-8-14(16)4/h5,7-8,12,15H,6,9-11H2,1-4H3,(H,18,20). The Morgan fingerprint density at radius 1 is 1.33 bits per heavy atom. The molecule has 4 heteroatoms. The minimum atomic E-state index is -0.344. The maximum absolute atomic E-state index is 12.1. The zero-order valence-electron chi connectivity index (χ0n) is 13.5. The summed E-state index contributed by atoms with van der Waals surface area (Å²) in [6.45, 7) is 10.3. The van der Waals surface area contributed by atoms with Crippen LogP contribution in [0.5, 0.6) is 0 Å². The summed E-state index contributed by atoms with van der Waals surface area (Å²) < 4.78 is 5.59. The molecule has 1 N–H and O–H groups in total. The van der Waals surface area contributed by atoms with Gasteiger partial charge in [0.2, 0.25) is 0 Å². The van der Waals surface area contributed by atoms with Gasteiger partial charge in [-0.2, -0.15) is 0 Å². The Morgan fingerprint density at radius 2 is 2.00 bits per heavy atom. The number of hydrogen-bond acceptors (Lipinski definition) is 3. The van der Waals surface area contributed by atoms with E-state index in [1.54, 1.807) is 0 Å². The average molecular weight is 290 g/mol. The number of piperidine rings is 1. The van der Waals surface area contributed by atoms with Crippen LogP contribution in [0.1, 0.15) is 37.8 Å². The number of carbonyl (C=O) groups excluding carboxylic acids is 1. The third kappa shape index (κ3) is 4.21. The van der Waals surface area contributed by atoms with Gasteiger partial charge in [-0.25, -0.2) is 4.79 Å². The fourth-order valence-electron chi connectivity index (χ4n) is 2.83. The van der Waals surface area contributed by atoms with Gasteiger partial charge in [0.25, 0.3) is 0 Å². The lowest BCUT2D eigenvalue weighted by atomic mass is 10.1. The van der Waals surface area contributed by atoms with Crippen LogP contribution < -0.4 is 5.32 Å². The zero-order chi connectivity index (χ0) is 15.4. The van der Waals surface area contributed by atoms with Gasteiger partial charge < -0.3 is 4.74 Å². The first-order chi connectivity index (χ1) is 9.97. The number of anilines is 1. The van der Waals surface area contributed by atoms with Gasteiger partial charge in [0.15, 0.2) is 0 Å². The number of benzene rings is 1. The molecule has 1 aliphatic rings. The highest BCUT2D eigenvalue weighted by molar-refractivity contribution is 5.86. The molecule has 1 aliphatic heterocycles. The highest BCUT2D eigenvalue weighted by Crippen LogP contribution is 2.21. The summed E-state index contributed by atoms with van der Waals surface area (Å²) in [5.41, 5.74) is 2.97. The summed E-state index contributed by atoms with van der Waals surface area (Å²) in [6.07, 6.45) is 1.68. The van der Waals surface area contributed by atoms with E-state index in [-0.39, 0.29) is 12.2 Å². The second-order valence-electron chi connectivity index (χ2n) is 6.15. The number of nitrogens with zero attached hydrogens (tertiary/aromatic N) is 1. The quantitative estimate of drug-likeness (QED) is 0.922. The van der Waals surface area contributed by atoms with Crippen molar-refractivity contribution >= 4 is 11.8 Å². The normalized spacial score (nSPS) is 19.6. The molecule has 0 radical (unpaired) electrons. The Bertz CT molecular complexity index is 479. The van der Waals surface area contributed by atoms with Crippen molar-refractivity contribution in [1.82, 2.24) is 4.90 Å². The van der Waals surface area contributed by atoms with Crippen molar-refractivity contribution in [3.8, 4) is 0 Å². The number of nitrogens with one attached hydrogen (secondary N) is 1. The molecule has 0 aliphatic carbocycles. The van der Waals surface area contributed by atoms with Crippen molar-refractivity contribution in [2.75, 3.05) is 18.4 Å². The lowest BCUT2D eigenvalue weighted by Crippen LogP contribution is -2.44. The van der Waals surface area contributed by atoms with E-state index in [9.17, 15) is 4.79 Å². The predicted molar refractivity (Wildman–Crippen MR) is 85.8 cm³/mol. The molecular formula is C17H26N2O2. The van der Waals surface area contributed by atoms with Crippen LogP contribution in [-0.2, 0) is 4.74 Å². The van der Waals surface area contributed by atoms with E-state index in [4.69, 9.17) is 4.74 Å². The number of para-hydroxylation sites is 1. The van der Waals surface area contributed by atoms with E-state index < -0.39 is 0 Å². The fraction of sp³-hybridized carbons (Fsp3) is 0.588. The van der Waals surface area contributed by atoms with E-state index in [0.29, 0.717) is 6.04 Å². The van der Waals surface area contributed by atoms with Gasteiger partial charge in [0.05, 0.1) is 0 Å². The minimum absolute atomic E-state index is 0.00882. The molecule has 1 heterocycles. The molecular weight excluding hydrogens is 264 g/mol. The maximum Gasteiger partial charge on any atom is 0.411 e. The first-order valence-corrected chi connectivity index (χ1v) is 7.75. The van der Waals surface area contributed by atoms with Crippen molar-refractivity contribution in [3.63, 3.8) is 0 Å². The third-order valence-corrected chi connectivity index (χ3v) is 4.12. The SMILES string of the molecule is Cc1cccc(C)c1NC(=O)OC1CCCN(C(C)C)C1. The number of carbonyl (C=O) groups is 1. The molecule has 0 aromatic heterocycles. The van der Waals surface area contributed by atoms with Gasteiger partial charge in [-0.3, -0.25) is 10.2 Å². The van der Waals surface area contributed by atoms with Crippen molar-refractivity contribution < 1.29 is 9.53 Å². The first-order valence-electron chi connectivity index (χ1n) is 7.75. The molecule has 1 atom stereocenters. The highest BCUT2D eigenvalue weighted by atomic mass is 16.6. The number of aryl methyl sites for hydroxylation is 2. The number of likely N-dealkylation sites (tertiary alicyclic amines) is 1. The van der Waals surface area contributed by atoms with Crippen molar-refractivity contribution in [3.05, 3.63) is 29.3 Å². The van der Waals surface area contributed by atoms with Gasteiger partial charge in [-0.15, -0.1) is 0 Å². The molecule has 1 unspecified atom stereocenters. The molecule has 0 saturated carbocycles. The molecule has 1 aromatic carbocycles. The summed E-state index contributed by atoms with van der Waals surface area (Å²) in [5.74, 6) is 0. The Morgan fingerprint density at radius 3 is 2.62 bits per heavy atom. The molecule has 4 nitrogen and oxygen atoms in total. The zero-order valence-corrected chi connectivity index (χ0v) is 13.5. The largest absolute Gasteiger partial charge is 0.445 e. The lowest BCUT2D eigenvalue weighted by Gasteiger charge is -2.34. The second-order valence-corrected chi connectivity index (χ2v) is 6.15. The Labute approximate surface area is 127 Å². The van der Waals surface area contributed by atoms with Crippen LogP contribution in [-0.4, -0.2) is 36.2 Å². The molecule has 21 heavy (non-hydrogen) atoms. The van der Waals surface area contributed by atoms with E-state index in [1.165, 1.54) is 0 Å². The Kier molecular flexibility index (Phi) is 5.23. The molecule has 1 fully saturated rings. The van der Waals surface area contributed by atoms with Crippen molar-refractivity contribution in [2.24, 2.45) is 0 Å². The smallest absolute Gasteiger partial charge is 0.411 e. The van der Waals surface area contributed by atoms with Crippen LogP contribution in [0, 0.1) is 13.8 Å². The molecule has 1 aromatic rings. The van der Waals surface area contributed by atoms with Crippen LogP contribution in [0.4, 0.5) is 10.5 Å². The summed E-state index contributed by atoms with van der Waals surface area (Å²) in [4.78, 5) is 14.5. The third-order valence-electron chi connectivity index (χ3n) is 4.12. The molecule has 1 saturated heterocycles. The first kappa shape index (κ1) is 15.8. The van der Waals surface area contributed by atoms with E-state index in [1.807, 2.05) is 32.0 Å².